The second-order valence-electron chi connectivity index (χ2n) is 6.78. The van der Waals surface area contributed by atoms with Gasteiger partial charge < -0.3 is 19.3 Å². The van der Waals surface area contributed by atoms with Crippen LogP contribution in [0.25, 0.3) is 0 Å². The number of likely N-dealkylation sites (tertiary alicyclic amines) is 1. The number of carbonyl (C=O) groups excluding carboxylic acids is 2. The quantitative estimate of drug-likeness (QED) is 0.803. The molecule has 0 N–H and O–H groups in total. The lowest BCUT2D eigenvalue weighted by Gasteiger charge is -2.37. The van der Waals surface area contributed by atoms with Gasteiger partial charge in [0.1, 0.15) is 5.75 Å². The van der Waals surface area contributed by atoms with Crippen molar-refractivity contribution in [2.75, 3.05) is 39.4 Å². The third kappa shape index (κ3) is 4.68. The van der Waals surface area contributed by atoms with Crippen LogP contribution in [0.15, 0.2) is 24.3 Å². The van der Waals surface area contributed by atoms with Crippen molar-refractivity contribution in [3.63, 3.8) is 0 Å². The van der Waals surface area contributed by atoms with Crippen molar-refractivity contribution >= 4 is 23.4 Å². The van der Waals surface area contributed by atoms with Gasteiger partial charge in [0.25, 0.3) is 5.91 Å². The molecule has 2 heterocycles. The van der Waals surface area contributed by atoms with E-state index in [-0.39, 0.29) is 17.7 Å². The zero-order valence-corrected chi connectivity index (χ0v) is 15.8. The molecule has 2 unspecified atom stereocenters. The van der Waals surface area contributed by atoms with Crippen LogP contribution in [0.1, 0.15) is 19.8 Å². The number of hydrogen-bond acceptors (Lipinski definition) is 4. The van der Waals surface area contributed by atoms with Crippen molar-refractivity contribution in [2.45, 2.75) is 25.9 Å². The van der Waals surface area contributed by atoms with Crippen LogP contribution in [0, 0.1) is 5.92 Å². The Kier molecular flexibility index (Phi) is 6.38. The maximum Gasteiger partial charge on any atom is 0.263 e. The Morgan fingerprint density at radius 2 is 2.00 bits per heavy atom. The summed E-state index contributed by atoms with van der Waals surface area (Å²) < 4.78 is 11.0. The van der Waals surface area contributed by atoms with Gasteiger partial charge in [-0.05, 0) is 38.0 Å². The minimum Gasteiger partial charge on any atom is -0.481 e. The Morgan fingerprint density at radius 3 is 2.73 bits per heavy atom. The van der Waals surface area contributed by atoms with Crippen molar-refractivity contribution in [3.8, 4) is 5.75 Å². The van der Waals surface area contributed by atoms with Crippen molar-refractivity contribution in [1.29, 1.82) is 0 Å². The molecule has 0 saturated carbocycles. The molecule has 1 aromatic carbocycles. The Morgan fingerprint density at radius 1 is 1.23 bits per heavy atom. The zero-order chi connectivity index (χ0) is 18.5. The number of morpholine rings is 1. The Hall–Kier alpha value is -1.79. The highest BCUT2D eigenvalue weighted by molar-refractivity contribution is 6.30. The summed E-state index contributed by atoms with van der Waals surface area (Å²) in [5.41, 5.74) is 0. The number of halogens is 1. The topological polar surface area (TPSA) is 59.1 Å². The van der Waals surface area contributed by atoms with Crippen molar-refractivity contribution < 1.29 is 19.1 Å². The molecular formula is C19H25ClN2O4. The van der Waals surface area contributed by atoms with E-state index in [1.807, 2.05) is 4.90 Å². The Labute approximate surface area is 159 Å². The summed E-state index contributed by atoms with van der Waals surface area (Å²) in [7, 11) is 0. The molecule has 3 rings (SSSR count). The Bertz CT molecular complexity index is 648. The molecule has 2 aliphatic heterocycles. The molecule has 0 radical (unpaired) electrons. The lowest BCUT2D eigenvalue weighted by Crippen LogP contribution is -2.51. The fourth-order valence-corrected chi connectivity index (χ4v) is 3.65. The number of nitrogens with zero attached hydrogens (tertiary/aromatic N) is 2. The number of ether oxygens (including phenoxy) is 2. The van der Waals surface area contributed by atoms with Gasteiger partial charge in [-0.2, -0.15) is 0 Å². The van der Waals surface area contributed by atoms with Gasteiger partial charge in [0.15, 0.2) is 6.10 Å². The van der Waals surface area contributed by atoms with E-state index < -0.39 is 6.10 Å². The molecule has 0 aromatic heterocycles. The predicted octanol–water partition coefficient (Wildman–Crippen LogP) is 2.20. The van der Waals surface area contributed by atoms with E-state index in [4.69, 9.17) is 21.1 Å². The molecule has 0 spiro atoms. The third-order valence-electron chi connectivity index (χ3n) is 4.86. The average molecular weight is 381 g/mol. The number of hydrogen-bond donors (Lipinski definition) is 0. The van der Waals surface area contributed by atoms with E-state index in [1.165, 1.54) is 0 Å². The average Bonchev–Trinajstić information content (AvgIpc) is 2.67. The number of rotatable bonds is 4. The number of amides is 2. The standard InChI is InChI=1S/C19H25ClN2O4/c1-14(26-17-6-2-5-16(20)12-17)18(23)22-7-3-4-15(13-22)19(24)21-8-10-25-11-9-21/h2,5-6,12,14-15H,3-4,7-11,13H2,1H3. The summed E-state index contributed by atoms with van der Waals surface area (Å²) in [6.45, 7) is 5.30. The summed E-state index contributed by atoms with van der Waals surface area (Å²) >= 11 is 5.96. The zero-order valence-electron chi connectivity index (χ0n) is 15.0. The maximum atomic E-state index is 12.8. The van der Waals surface area contributed by atoms with Crippen molar-refractivity contribution in [3.05, 3.63) is 29.3 Å². The highest BCUT2D eigenvalue weighted by Crippen LogP contribution is 2.22. The van der Waals surface area contributed by atoms with Crippen LogP contribution in [0.4, 0.5) is 0 Å². The van der Waals surface area contributed by atoms with E-state index in [1.54, 1.807) is 36.1 Å². The highest BCUT2D eigenvalue weighted by Gasteiger charge is 2.33. The van der Waals surface area contributed by atoms with Gasteiger partial charge in [0.2, 0.25) is 5.91 Å². The number of carbonyl (C=O) groups is 2. The first kappa shape index (κ1) is 19.0. The lowest BCUT2D eigenvalue weighted by molar-refractivity contribution is -0.146. The van der Waals surface area contributed by atoms with E-state index in [0.717, 1.165) is 12.8 Å². The summed E-state index contributed by atoms with van der Waals surface area (Å²) in [4.78, 5) is 29.1. The van der Waals surface area contributed by atoms with Gasteiger partial charge in [-0.1, -0.05) is 17.7 Å². The maximum absolute atomic E-state index is 12.8. The largest absolute Gasteiger partial charge is 0.481 e. The van der Waals surface area contributed by atoms with Crippen LogP contribution < -0.4 is 4.74 Å². The van der Waals surface area contributed by atoms with E-state index >= 15 is 0 Å². The summed E-state index contributed by atoms with van der Waals surface area (Å²) in [6.07, 6.45) is 1.03. The first-order valence-corrected chi connectivity index (χ1v) is 9.50. The number of piperidine rings is 1. The molecule has 2 saturated heterocycles. The van der Waals surface area contributed by atoms with Crippen LogP contribution in [0.5, 0.6) is 5.75 Å². The van der Waals surface area contributed by atoms with E-state index in [2.05, 4.69) is 0 Å². The van der Waals surface area contributed by atoms with Crippen molar-refractivity contribution in [1.82, 2.24) is 9.80 Å². The fraction of sp³-hybridized carbons (Fsp3) is 0.579. The molecule has 2 atom stereocenters. The third-order valence-corrected chi connectivity index (χ3v) is 5.10. The lowest BCUT2D eigenvalue weighted by atomic mass is 9.96. The normalized spacial score (nSPS) is 22.0. The molecular weight excluding hydrogens is 356 g/mol. The van der Waals surface area contributed by atoms with Crippen LogP contribution in [0.2, 0.25) is 5.02 Å². The molecule has 26 heavy (non-hydrogen) atoms. The monoisotopic (exact) mass is 380 g/mol. The summed E-state index contributed by atoms with van der Waals surface area (Å²) in [5, 5.41) is 0.566. The van der Waals surface area contributed by atoms with Crippen LogP contribution in [-0.4, -0.2) is 67.1 Å². The Balaban J connectivity index is 1.57. The molecule has 1 aromatic rings. The fourth-order valence-electron chi connectivity index (χ4n) is 3.47. The van der Waals surface area contributed by atoms with Gasteiger partial charge in [0.05, 0.1) is 19.1 Å². The molecule has 142 valence electrons. The molecule has 6 nitrogen and oxygen atoms in total. The van der Waals surface area contributed by atoms with Gasteiger partial charge >= 0.3 is 0 Å². The van der Waals surface area contributed by atoms with Gasteiger partial charge in [-0.3, -0.25) is 9.59 Å². The van der Waals surface area contributed by atoms with Crippen LogP contribution in [0.3, 0.4) is 0 Å². The molecule has 2 aliphatic rings. The molecule has 0 bridgehead atoms. The molecule has 2 fully saturated rings. The van der Waals surface area contributed by atoms with Gasteiger partial charge in [-0.15, -0.1) is 0 Å². The first-order chi connectivity index (χ1) is 12.5. The second-order valence-corrected chi connectivity index (χ2v) is 7.21. The van der Waals surface area contributed by atoms with Gasteiger partial charge in [-0.25, -0.2) is 0 Å². The molecule has 2 amide bonds. The van der Waals surface area contributed by atoms with Crippen LogP contribution in [-0.2, 0) is 14.3 Å². The minimum absolute atomic E-state index is 0.0931. The van der Waals surface area contributed by atoms with E-state index in [0.29, 0.717) is 50.2 Å². The van der Waals surface area contributed by atoms with Gasteiger partial charge in [0, 0.05) is 31.2 Å². The smallest absolute Gasteiger partial charge is 0.263 e. The first-order valence-electron chi connectivity index (χ1n) is 9.12. The molecule has 0 aliphatic carbocycles. The molecule has 7 heteroatoms. The van der Waals surface area contributed by atoms with E-state index in [9.17, 15) is 9.59 Å². The van der Waals surface area contributed by atoms with Crippen molar-refractivity contribution in [2.24, 2.45) is 5.92 Å². The highest BCUT2D eigenvalue weighted by atomic mass is 35.5. The number of benzene rings is 1. The van der Waals surface area contributed by atoms with Crippen LogP contribution >= 0.6 is 11.6 Å². The summed E-state index contributed by atoms with van der Waals surface area (Å²) in [6, 6.07) is 7.00. The predicted molar refractivity (Wildman–Crippen MR) is 98.2 cm³/mol. The SMILES string of the molecule is CC(Oc1cccc(Cl)c1)C(=O)N1CCCC(C(=O)N2CCOCC2)C1. The second kappa shape index (κ2) is 8.73. The summed E-state index contributed by atoms with van der Waals surface area (Å²) in [5.74, 6) is 0.471. The minimum atomic E-state index is -0.620.